The van der Waals surface area contributed by atoms with Gasteiger partial charge in [0.05, 0.1) is 11.3 Å². The zero-order valence-corrected chi connectivity index (χ0v) is 20.2. The fourth-order valence-corrected chi connectivity index (χ4v) is 3.50. The van der Waals surface area contributed by atoms with Crippen molar-refractivity contribution in [3.63, 3.8) is 0 Å². The zero-order valence-electron chi connectivity index (χ0n) is 19.4. The number of esters is 1. The zero-order chi connectivity index (χ0) is 27.3. The van der Waals surface area contributed by atoms with E-state index in [2.05, 4.69) is 5.32 Å². The van der Waals surface area contributed by atoms with Crippen LogP contribution < -0.4 is 16.0 Å². The van der Waals surface area contributed by atoms with E-state index in [1.54, 1.807) is 18.2 Å². The fraction of sp³-hybridized carbons (Fsp3) is 0.120. The minimum atomic E-state index is -1.48. The summed E-state index contributed by atoms with van der Waals surface area (Å²) in [5, 5.41) is 41.1. The van der Waals surface area contributed by atoms with E-state index in [1.807, 2.05) is 0 Å². The van der Waals surface area contributed by atoms with Gasteiger partial charge in [0.2, 0.25) is 0 Å². The summed E-state index contributed by atoms with van der Waals surface area (Å²) < 4.78 is 5.23. The molecule has 12 heteroatoms. The molecule has 11 nitrogen and oxygen atoms in total. The van der Waals surface area contributed by atoms with Gasteiger partial charge in [-0.05, 0) is 55.5 Å². The smallest absolute Gasteiger partial charge is 0.342 e. The summed E-state index contributed by atoms with van der Waals surface area (Å²) in [6, 6.07) is 14.0. The third kappa shape index (κ3) is 5.94. The molecule has 0 bridgehead atoms. The molecule has 2 amide bonds. The number of nitrogens with two attached hydrogens (primary N) is 1. The SMILES string of the molecule is CC(OC(=O)c1cccc(O)c1O)C(N)C(=O)N(C(=S)NC(=O)c1cccc(O)c1O)c1ccccc1. The molecule has 2 atom stereocenters. The number of nitrogens with zero attached hydrogens (tertiary/aromatic N) is 1. The number of hydrogen-bond donors (Lipinski definition) is 6. The Kier molecular flexibility index (Phi) is 8.27. The molecular weight excluding hydrogens is 502 g/mol. The summed E-state index contributed by atoms with van der Waals surface area (Å²) in [5.74, 6) is -5.21. The quantitative estimate of drug-likeness (QED) is 0.158. The Morgan fingerprint density at radius 2 is 1.41 bits per heavy atom. The molecule has 3 aromatic rings. The van der Waals surface area contributed by atoms with Gasteiger partial charge in [-0.1, -0.05) is 30.3 Å². The number of hydrogen-bond acceptors (Lipinski definition) is 10. The molecule has 0 fully saturated rings. The molecule has 0 aliphatic rings. The number of amides is 2. The van der Waals surface area contributed by atoms with E-state index in [-0.39, 0.29) is 16.8 Å². The standard InChI is InChI=1S/C25H23N3O8S/c1-13(36-24(35)16-10-6-12-18(30)21(16)32)19(26)23(34)28(14-7-3-2-4-8-14)25(37)27-22(33)15-9-5-11-17(29)20(15)31/h2-13,19,29-32H,26H2,1H3,(H,27,33,37). The third-order valence-corrected chi connectivity index (χ3v) is 5.52. The first-order valence-corrected chi connectivity index (χ1v) is 11.2. The van der Waals surface area contributed by atoms with Gasteiger partial charge in [0.15, 0.2) is 28.1 Å². The Labute approximate surface area is 216 Å². The Morgan fingerprint density at radius 3 is 2.00 bits per heavy atom. The van der Waals surface area contributed by atoms with E-state index < -0.39 is 58.0 Å². The first kappa shape index (κ1) is 26.9. The molecule has 0 heterocycles. The predicted molar refractivity (Wildman–Crippen MR) is 136 cm³/mol. The number of benzene rings is 3. The Balaban J connectivity index is 1.83. The highest BCUT2D eigenvalue weighted by atomic mass is 32.1. The van der Waals surface area contributed by atoms with Crippen molar-refractivity contribution in [3.8, 4) is 23.0 Å². The predicted octanol–water partition coefficient (Wildman–Crippen LogP) is 2.13. The van der Waals surface area contributed by atoms with Crippen LogP contribution in [0.1, 0.15) is 27.6 Å². The lowest BCUT2D eigenvalue weighted by Gasteiger charge is -2.28. The van der Waals surface area contributed by atoms with Gasteiger partial charge < -0.3 is 30.9 Å². The highest BCUT2D eigenvalue weighted by Crippen LogP contribution is 2.30. The molecule has 37 heavy (non-hydrogen) atoms. The van der Waals surface area contributed by atoms with Crippen LogP contribution in [0.5, 0.6) is 23.0 Å². The van der Waals surface area contributed by atoms with Crippen LogP contribution in [0, 0.1) is 0 Å². The van der Waals surface area contributed by atoms with Crippen LogP contribution >= 0.6 is 12.2 Å². The van der Waals surface area contributed by atoms with Crippen LogP contribution in [-0.4, -0.2) is 55.5 Å². The Morgan fingerprint density at radius 1 is 0.865 bits per heavy atom. The van der Waals surface area contributed by atoms with Crippen molar-refractivity contribution in [2.24, 2.45) is 5.73 Å². The van der Waals surface area contributed by atoms with Gasteiger partial charge in [0.25, 0.3) is 11.8 Å². The van der Waals surface area contributed by atoms with Crippen LogP contribution in [0.3, 0.4) is 0 Å². The number of nitrogens with one attached hydrogen (secondary N) is 1. The van der Waals surface area contributed by atoms with Gasteiger partial charge in [0.1, 0.15) is 17.7 Å². The molecule has 0 spiro atoms. The molecule has 192 valence electrons. The highest BCUT2D eigenvalue weighted by Gasteiger charge is 2.33. The van der Waals surface area contributed by atoms with Gasteiger partial charge in [-0.3, -0.25) is 19.8 Å². The van der Waals surface area contributed by atoms with Gasteiger partial charge in [-0.2, -0.15) is 0 Å². The molecule has 0 aliphatic heterocycles. The molecule has 0 radical (unpaired) electrons. The number of thiocarbonyl (C=S) groups is 1. The molecule has 0 saturated carbocycles. The molecule has 7 N–H and O–H groups in total. The van der Waals surface area contributed by atoms with Crippen molar-refractivity contribution in [1.29, 1.82) is 0 Å². The topological polar surface area (TPSA) is 183 Å². The van der Waals surface area contributed by atoms with E-state index in [9.17, 15) is 34.8 Å². The van der Waals surface area contributed by atoms with Gasteiger partial charge >= 0.3 is 5.97 Å². The van der Waals surface area contributed by atoms with Crippen LogP contribution in [-0.2, 0) is 9.53 Å². The number of carbonyl (C=O) groups excluding carboxylic acids is 3. The van der Waals surface area contributed by atoms with Crippen LogP contribution in [0.2, 0.25) is 0 Å². The van der Waals surface area contributed by atoms with Gasteiger partial charge in [-0.15, -0.1) is 0 Å². The van der Waals surface area contributed by atoms with E-state index in [0.29, 0.717) is 0 Å². The largest absolute Gasteiger partial charge is 0.504 e. The number of carbonyl (C=O) groups is 3. The molecule has 0 saturated heterocycles. The van der Waals surface area contributed by atoms with Crippen molar-refractivity contribution < 1.29 is 39.5 Å². The second kappa shape index (κ2) is 11.4. The van der Waals surface area contributed by atoms with E-state index in [4.69, 9.17) is 22.7 Å². The Bertz CT molecular complexity index is 1350. The number of para-hydroxylation sites is 3. The first-order chi connectivity index (χ1) is 17.5. The summed E-state index contributed by atoms with van der Waals surface area (Å²) in [6.07, 6.45) is -1.23. The number of phenolic OH excluding ortho intramolecular Hbond substituents is 4. The van der Waals surface area contributed by atoms with E-state index >= 15 is 0 Å². The average molecular weight is 526 g/mol. The lowest BCUT2D eigenvalue weighted by atomic mass is 10.1. The number of anilines is 1. The molecule has 0 aromatic heterocycles. The maximum Gasteiger partial charge on any atom is 0.342 e. The summed E-state index contributed by atoms with van der Waals surface area (Å²) in [7, 11) is 0. The third-order valence-electron chi connectivity index (χ3n) is 5.24. The van der Waals surface area contributed by atoms with Crippen LogP contribution in [0.15, 0.2) is 66.7 Å². The minimum absolute atomic E-state index is 0.234. The first-order valence-electron chi connectivity index (χ1n) is 10.8. The number of ether oxygens (including phenoxy) is 1. The van der Waals surface area contributed by atoms with E-state index in [0.717, 1.165) is 4.90 Å². The molecule has 3 aromatic carbocycles. The number of rotatable bonds is 6. The summed E-state index contributed by atoms with van der Waals surface area (Å²) in [4.78, 5) is 39.5. The number of phenols is 4. The van der Waals surface area contributed by atoms with Crippen molar-refractivity contribution in [2.75, 3.05) is 4.90 Å². The van der Waals surface area contributed by atoms with Crippen LogP contribution in [0.25, 0.3) is 0 Å². The van der Waals surface area contributed by atoms with Crippen molar-refractivity contribution in [3.05, 3.63) is 77.9 Å². The number of aromatic hydroxyl groups is 4. The minimum Gasteiger partial charge on any atom is -0.504 e. The highest BCUT2D eigenvalue weighted by molar-refractivity contribution is 7.80. The normalized spacial score (nSPS) is 12.2. The lowest BCUT2D eigenvalue weighted by molar-refractivity contribution is -0.121. The molecule has 3 rings (SSSR count). The van der Waals surface area contributed by atoms with Gasteiger partial charge in [0, 0.05) is 0 Å². The summed E-state index contributed by atoms with van der Waals surface area (Å²) in [6.45, 7) is 1.34. The summed E-state index contributed by atoms with van der Waals surface area (Å²) >= 11 is 5.29. The maximum atomic E-state index is 13.4. The average Bonchev–Trinajstić information content (AvgIpc) is 2.87. The fourth-order valence-electron chi connectivity index (χ4n) is 3.21. The molecule has 0 aliphatic carbocycles. The summed E-state index contributed by atoms with van der Waals surface area (Å²) in [5.41, 5.74) is 5.70. The van der Waals surface area contributed by atoms with Crippen molar-refractivity contribution >= 4 is 40.8 Å². The maximum absolute atomic E-state index is 13.4. The second-order valence-corrected chi connectivity index (χ2v) is 8.14. The molecule has 2 unspecified atom stereocenters. The van der Waals surface area contributed by atoms with E-state index in [1.165, 1.54) is 55.5 Å². The second-order valence-electron chi connectivity index (χ2n) is 7.75. The van der Waals surface area contributed by atoms with Crippen LogP contribution in [0.4, 0.5) is 5.69 Å². The van der Waals surface area contributed by atoms with Crippen molar-refractivity contribution in [1.82, 2.24) is 5.32 Å². The Hall–Kier alpha value is -4.68. The lowest BCUT2D eigenvalue weighted by Crippen LogP contribution is -2.55. The van der Waals surface area contributed by atoms with Crippen molar-refractivity contribution in [2.45, 2.75) is 19.1 Å². The molecular formula is C25H23N3O8S. The monoisotopic (exact) mass is 525 g/mol. The van der Waals surface area contributed by atoms with Gasteiger partial charge in [-0.25, -0.2) is 4.79 Å².